The lowest BCUT2D eigenvalue weighted by Gasteiger charge is -2.15. The van der Waals surface area contributed by atoms with Gasteiger partial charge in [0.05, 0.1) is 12.8 Å². The minimum atomic E-state index is 0.555. The lowest BCUT2D eigenvalue weighted by Crippen LogP contribution is -2.26. The first kappa shape index (κ1) is 11.3. The third-order valence-corrected chi connectivity index (χ3v) is 2.40. The smallest absolute Gasteiger partial charge is 0.120 e. The summed E-state index contributed by atoms with van der Waals surface area (Å²) in [4.78, 5) is 0. The highest BCUT2D eigenvalue weighted by molar-refractivity contribution is 5.14. The molecular formula is C12H21NO. The highest BCUT2D eigenvalue weighted by atomic mass is 16.3. The second kappa shape index (κ2) is 5.20. The van der Waals surface area contributed by atoms with E-state index in [-0.39, 0.29) is 0 Å². The van der Waals surface area contributed by atoms with Gasteiger partial charge in [0.25, 0.3) is 0 Å². The fourth-order valence-electron chi connectivity index (χ4n) is 1.64. The van der Waals surface area contributed by atoms with Crippen LogP contribution < -0.4 is 5.32 Å². The Balaban J connectivity index is 2.30. The molecular weight excluding hydrogens is 174 g/mol. The summed E-state index contributed by atoms with van der Waals surface area (Å²) in [6.07, 6.45) is 2.96. The molecule has 0 aliphatic heterocycles. The van der Waals surface area contributed by atoms with Crippen molar-refractivity contribution in [3.05, 3.63) is 23.7 Å². The van der Waals surface area contributed by atoms with Gasteiger partial charge in [0, 0.05) is 6.04 Å². The second-order valence-corrected chi connectivity index (χ2v) is 4.44. The van der Waals surface area contributed by atoms with E-state index < -0.39 is 0 Å². The van der Waals surface area contributed by atoms with Crippen molar-refractivity contribution in [2.24, 2.45) is 5.92 Å². The van der Waals surface area contributed by atoms with Crippen LogP contribution in [0.15, 0.2) is 16.7 Å². The van der Waals surface area contributed by atoms with Crippen molar-refractivity contribution in [1.82, 2.24) is 5.32 Å². The van der Waals surface area contributed by atoms with Gasteiger partial charge in [0.2, 0.25) is 0 Å². The van der Waals surface area contributed by atoms with Crippen LogP contribution in [-0.4, -0.2) is 6.04 Å². The molecule has 1 heterocycles. The molecule has 1 unspecified atom stereocenters. The number of hydrogen-bond acceptors (Lipinski definition) is 2. The van der Waals surface area contributed by atoms with E-state index in [0.29, 0.717) is 6.04 Å². The van der Waals surface area contributed by atoms with Gasteiger partial charge in [0.1, 0.15) is 5.76 Å². The Hall–Kier alpha value is -0.760. The molecule has 1 rings (SSSR count). The van der Waals surface area contributed by atoms with E-state index in [1.54, 1.807) is 6.26 Å². The molecule has 0 aliphatic rings. The Kier molecular flexibility index (Phi) is 4.21. The van der Waals surface area contributed by atoms with Gasteiger partial charge in [-0.1, -0.05) is 13.8 Å². The van der Waals surface area contributed by atoms with Crippen molar-refractivity contribution in [3.8, 4) is 0 Å². The minimum absolute atomic E-state index is 0.555. The molecule has 0 saturated carbocycles. The molecule has 2 heteroatoms. The van der Waals surface area contributed by atoms with Crippen molar-refractivity contribution in [2.45, 2.75) is 46.7 Å². The van der Waals surface area contributed by atoms with Crippen molar-refractivity contribution >= 4 is 0 Å². The molecule has 0 aromatic carbocycles. The monoisotopic (exact) mass is 195 g/mol. The SMILES string of the molecule is Cc1ccoc1CNC(C)CC(C)C. The van der Waals surface area contributed by atoms with Crippen molar-refractivity contribution < 1.29 is 4.42 Å². The summed E-state index contributed by atoms with van der Waals surface area (Å²) in [5, 5.41) is 3.46. The van der Waals surface area contributed by atoms with Gasteiger partial charge < -0.3 is 9.73 Å². The van der Waals surface area contributed by atoms with Crippen molar-refractivity contribution in [3.63, 3.8) is 0 Å². The van der Waals surface area contributed by atoms with E-state index in [1.165, 1.54) is 12.0 Å². The van der Waals surface area contributed by atoms with Crippen LogP contribution in [-0.2, 0) is 6.54 Å². The molecule has 0 saturated heterocycles. The average Bonchev–Trinajstić information content (AvgIpc) is 2.46. The largest absolute Gasteiger partial charge is 0.468 e. The molecule has 0 bridgehead atoms. The number of aryl methyl sites for hydroxylation is 1. The highest BCUT2D eigenvalue weighted by Gasteiger charge is 2.06. The summed E-state index contributed by atoms with van der Waals surface area (Å²) in [5.41, 5.74) is 1.23. The Bertz CT molecular complexity index is 265. The van der Waals surface area contributed by atoms with E-state index in [0.717, 1.165) is 18.2 Å². The summed E-state index contributed by atoms with van der Waals surface area (Å²) >= 11 is 0. The molecule has 0 spiro atoms. The van der Waals surface area contributed by atoms with E-state index in [1.807, 2.05) is 6.07 Å². The predicted molar refractivity (Wildman–Crippen MR) is 59.2 cm³/mol. The molecule has 0 radical (unpaired) electrons. The molecule has 0 aliphatic carbocycles. The van der Waals surface area contributed by atoms with Crippen molar-refractivity contribution in [2.75, 3.05) is 0 Å². The lowest BCUT2D eigenvalue weighted by molar-refractivity contribution is 0.409. The summed E-state index contributed by atoms with van der Waals surface area (Å²) in [5.74, 6) is 1.80. The number of nitrogens with one attached hydrogen (secondary N) is 1. The summed E-state index contributed by atoms with van der Waals surface area (Å²) in [6, 6.07) is 2.56. The van der Waals surface area contributed by atoms with Gasteiger partial charge in [0.15, 0.2) is 0 Å². The lowest BCUT2D eigenvalue weighted by atomic mass is 10.1. The molecule has 1 aromatic rings. The third-order valence-electron chi connectivity index (χ3n) is 2.40. The van der Waals surface area contributed by atoms with Crippen LogP contribution in [0.1, 0.15) is 38.5 Å². The van der Waals surface area contributed by atoms with Crippen molar-refractivity contribution in [1.29, 1.82) is 0 Å². The molecule has 80 valence electrons. The third kappa shape index (κ3) is 3.54. The summed E-state index contributed by atoms with van der Waals surface area (Å²) < 4.78 is 5.36. The minimum Gasteiger partial charge on any atom is -0.468 e. The second-order valence-electron chi connectivity index (χ2n) is 4.44. The zero-order valence-corrected chi connectivity index (χ0v) is 9.63. The van der Waals surface area contributed by atoms with Gasteiger partial charge in [-0.2, -0.15) is 0 Å². The van der Waals surface area contributed by atoms with Gasteiger partial charge in [-0.3, -0.25) is 0 Å². The van der Waals surface area contributed by atoms with Gasteiger partial charge in [-0.25, -0.2) is 0 Å². The van der Waals surface area contributed by atoms with Gasteiger partial charge >= 0.3 is 0 Å². The van der Waals surface area contributed by atoms with E-state index in [9.17, 15) is 0 Å². The number of rotatable bonds is 5. The first-order valence-corrected chi connectivity index (χ1v) is 5.36. The Morgan fingerprint density at radius 1 is 1.36 bits per heavy atom. The maximum Gasteiger partial charge on any atom is 0.120 e. The fraction of sp³-hybridized carbons (Fsp3) is 0.667. The topological polar surface area (TPSA) is 25.2 Å². The van der Waals surface area contributed by atoms with Crippen LogP contribution >= 0.6 is 0 Å². The molecule has 2 nitrogen and oxygen atoms in total. The average molecular weight is 195 g/mol. The van der Waals surface area contributed by atoms with E-state index in [4.69, 9.17) is 4.42 Å². The Morgan fingerprint density at radius 3 is 2.57 bits per heavy atom. The van der Waals surface area contributed by atoms with E-state index in [2.05, 4.69) is 33.0 Å². The van der Waals surface area contributed by atoms with Gasteiger partial charge in [-0.15, -0.1) is 0 Å². The predicted octanol–water partition coefficient (Wildman–Crippen LogP) is 3.11. The highest BCUT2D eigenvalue weighted by Crippen LogP contribution is 2.10. The maximum absolute atomic E-state index is 5.36. The number of furan rings is 1. The zero-order valence-electron chi connectivity index (χ0n) is 9.63. The molecule has 1 atom stereocenters. The maximum atomic E-state index is 5.36. The molecule has 1 N–H and O–H groups in total. The van der Waals surface area contributed by atoms with Crippen LogP contribution in [0.3, 0.4) is 0 Å². The number of hydrogen-bond donors (Lipinski definition) is 1. The van der Waals surface area contributed by atoms with E-state index >= 15 is 0 Å². The Morgan fingerprint density at radius 2 is 2.07 bits per heavy atom. The summed E-state index contributed by atoms with van der Waals surface area (Å²) in [7, 11) is 0. The van der Waals surface area contributed by atoms with Crippen LogP contribution in [0, 0.1) is 12.8 Å². The first-order valence-electron chi connectivity index (χ1n) is 5.36. The normalized spacial score (nSPS) is 13.5. The standard InChI is InChI=1S/C12H21NO/c1-9(2)7-11(4)13-8-12-10(3)5-6-14-12/h5-6,9,11,13H,7-8H2,1-4H3. The van der Waals surface area contributed by atoms with Crippen LogP contribution in [0.25, 0.3) is 0 Å². The molecule has 0 amide bonds. The molecule has 14 heavy (non-hydrogen) atoms. The van der Waals surface area contributed by atoms with Crippen LogP contribution in [0.2, 0.25) is 0 Å². The quantitative estimate of drug-likeness (QED) is 0.781. The zero-order chi connectivity index (χ0) is 10.6. The van der Waals surface area contributed by atoms with Gasteiger partial charge in [-0.05, 0) is 37.8 Å². The first-order chi connectivity index (χ1) is 6.59. The fourth-order valence-corrected chi connectivity index (χ4v) is 1.64. The molecule has 1 aromatic heterocycles. The van der Waals surface area contributed by atoms with Crippen LogP contribution in [0.5, 0.6) is 0 Å². The Labute approximate surface area is 86.7 Å². The van der Waals surface area contributed by atoms with Crippen LogP contribution in [0.4, 0.5) is 0 Å². The summed E-state index contributed by atoms with van der Waals surface area (Å²) in [6.45, 7) is 9.63. The molecule has 0 fully saturated rings.